The average molecular weight is 481 g/mol. The number of hydrogen-bond donors (Lipinski definition) is 1. The standard InChI is InChI=1S/C22H27NO11/c1-12(24)29-11-17-19(31-13(2)25)20(32-14(3)26)18(21(34-17)33-15(4)27)23-22(28)30-10-16-8-6-5-7-9-16/h5-9,17-21H,10-11H2,1-4H3,(H,23,28). The molecule has 0 radical (unpaired) electrons. The Hall–Kier alpha value is -3.67. The van der Waals surface area contributed by atoms with Gasteiger partial charge in [0.05, 0.1) is 0 Å². The molecule has 0 saturated carbocycles. The number of alkyl carbamates (subject to hydrolysis) is 1. The lowest BCUT2D eigenvalue weighted by atomic mass is 9.96. The van der Waals surface area contributed by atoms with Crippen molar-refractivity contribution in [2.24, 2.45) is 0 Å². The lowest BCUT2D eigenvalue weighted by molar-refractivity contribution is -0.270. The summed E-state index contributed by atoms with van der Waals surface area (Å²) in [6, 6.07) is 7.51. The molecule has 12 heteroatoms. The molecule has 1 aromatic carbocycles. The topological polar surface area (TPSA) is 153 Å². The van der Waals surface area contributed by atoms with Gasteiger partial charge in [0, 0.05) is 27.7 Å². The number of carbonyl (C=O) groups excluding carboxylic acids is 5. The number of nitrogens with one attached hydrogen (secondary N) is 1. The summed E-state index contributed by atoms with van der Waals surface area (Å²) >= 11 is 0. The normalized spacial score (nSPS) is 23.7. The Morgan fingerprint density at radius 3 is 1.94 bits per heavy atom. The molecule has 1 aliphatic rings. The third-order valence-corrected chi connectivity index (χ3v) is 4.48. The highest BCUT2D eigenvalue weighted by Gasteiger charge is 2.52. The van der Waals surface area contributed by atoms with Crippen molar-refractivity contribution in [1.82, 2.24) is 5.32 Å². The Morgan fingerprint density at radius 2 is 1.38 bits per heavy atom. The number of esters is 4. The van der Waals surface area contributed by atoms with Gasteiger partial charge in [0.15, 0.2) is 12.2 Å². The third-order valence-electron chi connectivity index (χ3n) is 4.48. The summed E-state index contributed by atoms with van der Waals surface area (Å²) in [4.78, 5) is 59.1. The first-order valence-electron chi connectivity index (χ1n) is 10.3. The molecule has 12 nitrogen and oxygen atoms in total. The molecule has 5 atom stereocenters. The van der Waals surface area contributed by atoms with Crippen molar-refractivity contribution in [1.29, 1.82) is 0 Å². The minimum Gasteiger partial charge on any atom is -0.463 e. The van der Waals surface area contributed by atoms with Crippen LogP contribution in [0.3, 0.4) is 0 Å². The van der Waals surface area contributed by atoms with Gasteiger partial charge in [-0.25, -0.2) is 4.79 Å². The Balaban J connectivity index is 2.30. The van der Waals surface area contributed by atoms with Crippen LogP contribution in [0.5, 0.6) is 0 Å². The molecule has 1 aliphatic heterocycles. The molecule has 0 aliphatic carbocycles. The maximum Gasteiger partial charge on any atom is 0.408 e. The smallest absolute Gasteiger partial charge is 0.408 e. The molecule has 1 N–H and O–H groups in total. The quantitative estimate of drug-likeness (QED) is 0.418. The maximum absolute atomic E-state index is 12.5. The molecular weight excluding hydrogens is 454 g/mol. The third kappa shape index (κ3) is 8.35. The lowest BCUT2D eigenvalue weighted by Gasteiger charge is -2.44. The van der Waals surface area contributed by atoms with Crippen molar-refractivity contribution < 1.29 is 52.4 Å². The van der Waals surface area contributed by atoms with E-state index in [-0.39, 0.29) is 6.61 Å². The van der Waals surface area contributed by atoms with Crippen molar-refractivity contribution in [2.75, 3.05) is 6.61 Å². The Morgan fingerprint density at radius 1 is 0.794 bits per heavy atom. The Bertz CT molecular complexity index is 888. The van der Waals surface area contributed by atoms with Crippen LogP contribution in [0, 0.1) is 0 Å². The predicted octanol–water partition coefficient (Wildman–Crippen LogP) is 0.996. The SMILES string of the molecule is CC(=O)OCC1OC(OC(C)=O)C(NC(=O)OCc2ccccc2)C(OC(C)=O)C1OC(C)=O. The van der Waals surface area contributed by atoms with Crippen LogP contribution in [-0.2, 0) is 54.2 Å². The molecule has 34 heavy (non-hydrogen) atoms. The fourth-order valence-corrected chi connectivity index (χ4v) is 3.22. The van der Waals surface area contributed by atoms with Gasteiger partial charge in [0.25, 0.3) is 0 Å². The van der Waals surface area contributed by atoms with E-state index >= 15 is 0 Å². The first-order chi connectivity index (χ1) is 16.1. The number of hydrogen-bond acceptors (Lipinski definition) is 11. The van der Waals surface area contributed by atoms with E-state index in [1.807, 2.05) is 0 Å². The number of amides is 1. The van der Waals surface area contributed by atoms with Crippen LogP contribution < -0.4 is 5.32 Å². The van der Waals surface area contributed by atoms with Crippen LogP contribution >= 0.6 is 0 Å². The van der Waals surface area contributed by atoms with E-state index in [1.54, 1.807) is 30.3 Å². The zero-order valence-corrected chi connectivity index (χ0v) is 19.2. The fraction of sp³-hybridized carbons (Fsp3) is 0.500. The molecule has 0 bridgehead atoms. The maximum atomic E-state index is 12.5. The zero-order chi connectivity index (χ0) is 25.3. The molecule has 1 heterocycles. The second-order valence-corrected chi connectivity index (χ2v) is 7.33. The predicted molar refractivity (Wildman–Crippen MR) is 112 cm³/mol. The van der Waals surface area contributed by atoms with Gasteiger partial charge in [-0.15, -0.1) is 0 Å². The summed E-state index contributed by atoms with van der Waals surface area (Å²) in [5, 5.41) is 2.45. The van der Waals surface area contributed by atoms with E-state index in [4.69, 9.17) is 28.4 Å². The molecular formula is C22H27NO11. The highest BCUT2D eigenvalue weighted by Crippen LogP contribution is 2.28. The number of carbonyl (C=O) groups is 5. The van der Waals surface area contributed by atoms with Gasteiger partial charge >= 0.3 is 30.0 Å². The van der Waals surface area contributed by atoms with Crippen molar-refractivity contribution in [3.8, 4) is 0 Å². The summed E-state index contributed by atoms with van der Waals surface area (Å²) in [6.07, 6.45) is -6.29. The summed E-state index contributed by atoms with van der Waals surface area (Å²) < 4.78 is 31.6. The molecule has 0 aromatic heterocycles. The molecule has 1 amide bonds. The Kier molecular flexibility index (Phi) is 9.80. The first-order valence-corrected chi connectivity index (χ1v) is 10.3. The highest BCUT2D eigenvalue weighted by molar-refractivity contribution is 5.70. The van der Waals surface area contributed by atoms with Crippen LogP contribution in [0.15, 0.2) is 30.3 Å². The second kappa shape index (κ2) is 12.5. The van der Waals surface area contributed by atoms with Gasteiger partial charge in [-0.3, -0.25) is 19.2 Å². The molecule has 186 valence electrons. The van der Waals surface area contributed by atoms with Crippen molar-refractivity contribution >= 4 is 30.0 Å². The molecule has 0 spiro atoms. The Labute approximate surface area is 195 Å². The first kappa shape index (κ1) is 26.6. The number of rotatable bonds is 8. The number of ether oxygens (including phenoxy) is 6. The minimum absolute atomic E-state index is 0.0703. The van der Waals surface area contributed by atoms with Crippen molar-refractivity contribution in [2.45, 2.75) is 64.9 Å². The fourth-order valence-electron chi connectivity index (χ4n) is 3.22. The monoisotopic (exact) mass is 481 g/mol. The van der Waals surface area contributed by atoms with E-state index in [1.165, 1.54) is 0 Å². The largest absolute Gasteiger partial charge is 0.463 e. The number of benzene rings is 1. The summed E-state index contributed by atoms with van der Waals surface area (Å²) in [7, 11) is 0. The molecule has 1 saturated heterocycles. The van der Waals surface area contributed by atoms with Gasteiger partial charge in [0.1, 0.15) is 25.4 Å². The lowest BCUT2D eigenvalue weighted by Crippen LogP contribution is -2.67. The van der Waals surface area contributed by atoms with Gasteiger partial charge in [-0.2, -0.15) is 0 Å². The van der Waals surface area contributed by atoms with Crippen LogP contribution in [-0.4, -0.2) is 67.2 Å². The van der Waals surface area contributed by atoms with Crippen LogP contribution in [0.1, 0.15) is 33.3 Å². The van der Waals surface area contributed by atoms with Gasteiger partial charge in [0.2, 0.25) is 6.29 Å². The molecule has 2 rings (SSSR count). The molecule has 1 fully saturated rings. The summed E-state index contributed by atoms with van der Waals surface area (Å²) in [5.41, 5.74) is 0.713. The van der Waals surface area contributed by atoms with Crippen molar-refractivity contribution in [3.63, 3.8) is 0 Å². The molecule has 1 aromatic rings. The van der Waals surface area contributed by atoms with E-state index in [0.29, 0.717) is 5.56 Å². The van der Waals surface area contributed by atoms with E-state index in [9.17, 15) is 24.0 Å². The zero-order valence-electron chi connectivity index (χ0n) is 19.2. The van der Waals surface area contributed by atoms with Crippen LogP contribution in [0.4, 0.5) is 4.79 Å². The summed E-state index contributed by atoms with van der Waals surface area (Å²) in [6.45, 7) is 4.00. The van der Waals surface area contributed by atoms with E-state index < -0.39 is 67.2 Å². The van der Waals surface area contributed by atoms with Gasteiger partial charge in [-0.05, 0) is 5.56 Å². The van der Waals surface area contributed by atoms with Crippen LogP contribution in [0.25, 0.3) is 0 Å². The van der Waals surface area contributed by atoms with E-state index in [2.05, 4.69) is 5.32 Å². The van der Waals surface area contributed by atoms with Crippen molar-refractivity contribution in [3.05, 3.63) is 35.9 Å². The van der Waals surface area contributed by atoms with Crippen LogP contribution in [0.2, 0.25) is 0 Å². The van der Waals surface area contributed by atoms with Gasteiger partial charge < -0.3 is 33.7 Å². The van der Waals surface area contributed by atoms with E-state index in [0.717, 1.165) is 27.7 Å². The summed E-state index contributed by atoms with van der Waals surface area (Å²) in [5.74, 6) is -2.95. The second-order valence-electron chi connectivity index (χ2n) is 7.33. The average Bonchev–Trinajstić information content (AvgIpc) is 2.74. The molecule has 5 unspecified atom stereocenters. The minimum atomic E-state index is -1.49. The highest BCUT2D eigenvalue weighted by atomic mass is 16.7. The van der Waals surface area contributed by atoms with Gasteiger partial charge in [-0.1, -0.05) is 30.3 Å².